The van der Waals surface area contributed by atoms with Gasteiger partial charge in [0.15, 0.2) is 0 Å². The fourth-order valence-electron chi connectivity index (χ4n) is 1.58. The number of hydrogen-bond acceptors (Lipinski definition) is 2. The zero-order chi connectivity index (χ0) is 7.84. The Balaban J connectivity index is 1.58. The van der Waals surface area contributed by atoms with Crippen LogP contribution in [0.5, 0.6) is 0 Å². The van der Waals surface area contributed by atoms with E-state index < -0.39 is 0 Å². The van der Waals surface area contributed by atoms with Gasteiger partial charge in [0.2, 0.25) is 0 Å². The summed E-state index contributed by atoms with van der Waals surface area (Å²) in [6.07, 6.45) is 4.09. The largest absolute Gasteiger partial charge is 0.326 e. The van der Waals surface area contributed by atoms with E-state index in [9.17, 15) is 0 Å². The van der Waals surface area contributed by atoms with Gasteiger partial charge in [-0.25, -0.2) is 0 Å². The smallest absolute Gasteiger partial charge is 0.0194 e. The second-order valence-corrected chi connectivity index (χ2v) is 4.23. The van der Waals surface area contributed by atoms with Crippen LogP contribution in [0.4, 0.5) is 0 Å². The third-order valence-electron chi connectivity index (χ3n) is 2.95. The van der Waals surface area contributed by atoms with Crippen molar-refractivity contribution in [3.63, 3.8) is 0 Å². The van der Waals surface area contributed by atoms with Crippen molar-refractivity contribution in [1.82, 2.24) is 5.32 Å². The molecule has 2 nitrogen and oxygen atoms in total. The highest BCUT2D eigenvalue weighted by atomic mass is 15.0. The van der Waals surface area contributed by atoms with Crippen LogP contribution in [-0.4, -0.2) is 18.6 Å². The maximum Gasteiger partial charge on any atom is 0.0194 e. The van der Waals surface area contributed by atoms with Crippen molar-refractivity contribution in [3.8, 4) is 0 Å². The summed E-state index contributed by atoms with van der Waals surface area (Å²) in [5.74, 6) is 1.75. The van der Waals surface area contributed by atoms with Gasteiger partial charge < -0.3 is 11.1 Å². The van der Waals surface area contributed by atoms with E-state index >= 15 is 0 Å². The summed E-state index contributed by atoms with van der Waals surface area (Å²) in [5.41, 5.74) is 5.94. The number of nitrogens with two attached hydrogens (primary N) is 1. The van der Waals surface area contributed by atoms with E-state index in [0.717, 1.165) is 24.4 Å². The molecule has 0 aliphatic heterocycles. The molecule has 0 saturated heterocycles. The second-order valence-electron chi connectivity index (χ2n) is 4.23. The molecule has 2 heteroatoms. The van der Waals surface area contributed by atoms with E-state index in [4.69, 9.17) is 5.73 Å². The Kier molecular flexibility index (Phi) is 1.90. The molecule has 0 amide bonds. The van der Waals surface area contributed by atoms with E-state index in [-0.39, 0.29) is 0 Å². The Hall–Kier alpha value is -0.0800. The Bertz CT molecular complexity index is 142. The highest BCUT2D eigenvalue weighted by Crippen LogP contribution is 2.32. The minimum atomic E-state index is 0.433. The van der Waals surface area contributed by atoms with Gasteiger partial charge in [-0.1, -0.05) is 6.92 Å². The van der Waals surface area contributed by atoms with Crippen LogP contribution in [0.3, 0.4) is 0 Å². The summed E-state index contributed by atoms with van der Waals surface area (Å²) in [6, 6.07) is 1.22. The van der Waals surface area contributed by atoms with Crippen LogP contribution in [0.1, 0.15) is 26.2 Å². The van der Waals surface area contributed by atoms with Crippen LogP contribution >= 0.6 is 0 Å². The lowest BCUT2D eigenvalue weighted by molar-refractivity contribution is 0.519. The Morgan fingerprint density at radius 2 is 2.18 bits per heavy atom. The number of hydrogen-bond donors (Lipinski definition) is 2. The molecular formula is C9H18N2. The predicted octanol–water partition coefficient (Wildman–Crippen LogP) is 0.722. The zero-order valence-electron chi connectivity index (χ0n) is 7.22. The van der Waals surface area contributed by atoms with E-state index in [1.165, 1.54) is 19.3 Å². The molecule has 0 aromatic carbocycles. The maximum atomic E-state index is 5.94. The first-order valence-electron chi connectivity index (χ1n) is 4.76. The highest BCUT2D eigenvalue weighted by Gasteiger charge is 2.34. The van der Waals surface area contributed by atoms with Crippen LogP contribution in [0.2, 0.25) is 0 Å². The molecule has 3 atom stereocenters. The molecule has 64 valence electrons. The van der Waals surface area contributed by atoms with Crippen molar-refractivity contribution < 1.29 is 0 Å². The molecule has 11 heavy (non-hydrogen) atoms. The average Bonchev–Trinajstić information content (AvgIpc) is 2.77. The molecule has 2 saturated carbocycles. The van der Waals surface area contributed by atoms with Gasteiger partial charge in [0, 0.05) is 18.6 Å². The molecule has 2 aliphatic rings. The van der Waals surface area contributed by atoms with Crippen LogP contribution < -0.4 is 11.1 Å². The quantitative estimate of drug-likeness (QED) is 0.626. The lowest BCUT2D eigenvalue weighted by Crippen LogP contribution is -2.36. The molecular weight excluding hydrogens is 136 g/mol. The van der Waals surface area contributed by atoms with E-state index in [0.29, 0.717) is 6.04 Å². The second kappa shape index (κ2) is 2.76. The summed E-state index contributed by atoms with van der Waals surface area (Å²) in [6.45, 7) is 3.33. The van der Waals surface area contributed by atoms with Gasteiger partial charge in [0.25, 0.3) is 0 Å². The first-order chi connectivity index (χ1) is 5.27. The fraction of sp³-hybridized carbons (Fsp3) is 1.00. The Morgan fingerprint density at radius 3 is 2.64 bits per heavy atom. The van der Waals surface area contributed by atoms with Crippen LogP contribution in [0.15, 0.2) is 0 Å². The summed E-state index contributed by atoms with van der Waals surface area (Å²) < 4.78 is 0. The van der Waals surface area contributed by atoms with Gasteiger partial charge in [-0.3, -0.25) is 0 Å². The van der Waals surface area contributed by atoms with Crippen molar-refractivity contribution in [2.75, 3.05) is 6.54 Å². The van der Waals surface area contributed by atoms with Gasteiger partial charge in [-0.15, -0.1) is 0 Å². The summed E-state index contributed by atoms with van der Waals surface area (Å²) in [7, 11) is 0. The molecule has 3 unspecified atom stereocenters. The van der Waals surface area contributed by atoms with Crippen molar-refractivity contribution in [1.29, 1.82) is 0 Å². The van der Waals surface area contributed by atoms with Crippen LogP contribution in [0, 0.1) is 11.8 Å². The summed E-state index contributed by atoms with van der Waals surface area (Å²) >= 11 is 0. The normalized spacial score (nSPS) is 38.7. The molecule has 2 rings (SSSR count). The Morgan fingerprint density at radius 1 is 1.55 bits per heavy atom. The molecule has 2 aliphatic carbocycles. The van der Waals surface area contributed by atoms with Crippen LogP contribution in [-0.2, 0) is 0 Å². The average molecular weight is 154 g/mol. The third-order valence-corrected chi connectivity index (χ3v) is 2.95. The lowest BCUT2D eigenvalue weighted by atomic mass is 10.2. The molecule has 0 bridgehead atoms. The van der Waals surface area contributed by atoms with Crippen molar-refractivity contribution in [3.05, 3.63) is 0 Å². The van der Waals surface area contributed by atoms with Crippen molar-refractivity contribution in [2.45, 2.75) is 38.3 Å². The van der Waals surface area contributed by atoms with Gasteiger partial charge in [0.05, 0.1) is 0 Å². The minimum Gasteiger partial charge on any atom is -0.326 e. The SMILES string of the molecule is CC1CC1NCC(N)C1CC1. The highest BCUT2D eigenvalue weighted by molar-refractivity contribution is 4.92. The standard InChI is InChI=1S/C9H18N2/c1-6-4-9(6)11-5-8(10)7-2-3-7/h6-9,11H,2-5,10H2,1H3. The number of rotatable bonds is 4. The Labute approximate surface area is 68.5 Å². The van der Waals surface area contributed by atoms with Gasteiger partial charge in [0.1, 0.15) is 0 Å². The van der Waals surface area contributed by atoms with Gasteiger partial charge >= 0.3 is 0 Å². The van der Waals surface area contributed by atoms with Crippen LogP contribution in [0.25, 0.3) is 0 Å². The summed E-state index contributed by atoms with van der Waals surface area (Å²) in [4.78, 5) is 0. The molecule has 0 aromatic rings. The predicted molar refractivity (Wildman–Crippen MR) is 46.3 cm³/mol. The molecule has 0 radical (unpaired) electrons. The molecule has 2 fully saturated rings. The lowest BCUT2D eigenvalue weighted by Gasteiger charge is -2.10. The molecule has 0 heterocycles. The van der Waals surface area contributed by atoms with E-state index in [1.807, 2.05) is 0 Å². The van der Waals surface area contributed by atoms with Crippen molar-refractivity contribution in [2.24, 2.45) is 17.6 Å². The minimum absolute atomic E-state index is 0.433. The maximum absolute atomic E-state index is 5.94. The third kappa shape index (κ3) is 1.94. The zero-order valence-corrected chi connectivity index (χ0v) is 7.22. The fourth-order valence-corrected chi connectivity index (χ4v) is 1.58. The van der Waals surface area contributed by atoms with E-state index in [2.05, 4.69) is 12.2 Å². The molecule has 0 aromatic heterocycles. The monoisotopic (exact) mass is 154 g/mol. The van der Waals surface area contributed by atoms with Gasteiger partial charge in [-0.2, -0.15) is 0 Å². The topological polar surface area (TPSA) is 38.0 Å². The number of nitrogens with one attached hydrogen (secondary N) is 1. The first-order valence-corrected chi connectivity index (χ1v) is 4.76. The van der Waals surface area contributed by atoms with Crippen molar-refractivity contribution >= 4 is 0 Å². The van der Waals surface area contributed by atoms with E-state index in [1.54, 1.807) is 0 Å². The first kappa shape index (κ1) is 7.56. The molecule has 0 spiro atoms. The van der Waals surface area contributed by atoms with Gasteiger partial charge in [-0.05, 0) is 31.1 Å². The summed E-state index contributed by atoms with van der Waals surface area (Å²) in [5, 5.41) is 3.50. The molecule has 3 N–H and O–H groups in total.